The number of hydrogen-bond acceptors (Lipinski definition) is 5. The van der Waals surface area contributed by atoms with Crippen LogP contribution in [0.1, 0.15) is 37.8 Å². The van der Waals surface area contributed by atoms with Gasteiger partial charge in [0.25, 0.3) is 0 Å². The van der Waals surface area contributed by atoms with Crippen LogP contribution in [0.2, 0.25) is 0 Å². The maximum atomic E-state index is 12.1. The lowest BCUT2D eigenvalue weighted by atomic mass is 10.1. The maximum absolute atomic E-state index is 12.1. The van der Waals surface area contributed by atoms with Crippen LogP contribution < -0.4 is 20.2 Å². The quantitative estimate of drug-likeness (QED) is 0.365. The summed E-state index contributed by atoms with van der Waals surface area (Å²) in [7, 11) is 1.56. The summed E-state index contributed by atoms with van der Waals surface area (Å²) in [5.41, 5.74) is 4.82. The van der Waals surface area contributed by atoms with Gasteiger partial charge in [-0.1, -0.05) is 32.0 Å². The van der Waals surface area contributed by atoms with Crippen LogP contribution in [0.25, 0.3) is 0 Å². The molecule has 0 aliphatic heterocycles. The van der Waals surface area contributed by atoms with Crippen molar-refractivity contribution < 1.29 is 19.1 Å². The molecule has 0 saturated heterocycles. The zero-order valence-electron chi connectivity index (χ0n) is 17.0. The lowest BCUT2D eigenvalue weighted by molar-refractivity contribution is -0.126. The fraction of sp³-hybridized carbons (Fsp3) is 0.318. The van der Waals surface area contributed by atoms with E-state index in [1.807, 2.05) is 38.1 Å². The van der Waals surface area contributed by atoms with Crippen LogP contribution in [0, 0.1) is 0 Å². The second kappa shape index (κ2) is 11.5. The minimum Gasteiger partial charge on any atom is -0.493 e. The summed E-state index contributed by atoms with van der Waals surface area (Å²) in [6.07, 6.45) is 2.85. The van der Waals surface area contributed by atoms with Gasteiger partial charge in [0, 0.05) is 5.69 Å². The number of hydrazone groups is 1. The molecule has 0 unspecified atom stereocenters. The third-order valence-electron chi connectivity index (χ3n) is 4.05. The summed E-state index contributed by atoms with van der Waals surface area (Å²) < 4.78 is 10.9. The van der Waals surface area contributed by atoms with Crippen LogP contribution >= 0.6 is 0 Å². The Kier molecular flexibility index (Phi) is 8.69. The molecule has 29 heavy (non-hydrogen) atoms. The van der Waals surface area contributed by atoms with E-state index in [-0.39, 0.29) is 6.42 Å². The van der Waals surface area contributed by atoms with Gasteiger partial charge in [-0.05, 0) is 48.2 Å². The van der Waals surface area contributed by atoms with E-state index in [0.717, 1.165) is 24.0 Å². The molecule has 0 spiro atoms. The molecule has 7 heteroatoms. The molecule has 2 rings (SSSR count). The smallest absolute Gasteiger partial charge is 0.249 e. The molecule has 0 bridgehead atoms. The van der Waals surface area contributed by atoms with Crippen molar-refractivity contribution >= 4 is 23.7 Å². The summed E-state index contributed by atoms with van der Waals surface area (Å²) in [6, 6.07) is 12.9. The molecule has 2 amide bonds. The van der Waals surface area contributed by atoms with Crippen LogP contribution in [0.15, 0.2) is 47.6 Å². The summed E-state index contributed by atoms with van der Waals surface area (Å²) in [5.74, 6) is 0.350. The average Bonchev–Trinajstić information content (AvgIpc) is 2.72. The first-order valence-electron chi connectivity index (χ1n) is 9.57. The Bertz CT molecular complexity index is 865. The lowest BCUT2D eigenvalue weighted by Gasteiger charge is -2.10. The molecular weight excluding hydrogens is 370 g/mol. The highest BCUT2D eigenvalue weighted by Crippen LogP contribution is 2.27. The highest BCUT2D eigenvalue weighted by atomic mass is 16.5. The van der Waals surface area contributed by atoms with E-state index in [1.165, 1.54) is 6.21 Å². The number of carbonyl (C=O) groups excluding carboxylic acids is 2. The molecule has 154 valence electrons. The van der Waals surface area contributed by atoms with Crippen LogP contribution in [0.3, 0.4) is 0 Å². The molecule has 7 nitrogen and oxygen atoms in total. The van der Waals surface area contributed by atoms with Crippen LogP contribution in [0.5, 0.6) is 11.5 Å². The number of ether oxygens (including phenoxy) is 2. The van der Waals surface area contributed by atoms with Crippen molar-refractivity contribution in [1.82, 2.24) is 5.43 Å². The Balaban J connectivity index is 1.88. The largest absolute Gasteiger partial charge is 0.493 e. The van der Waals surface area contributed by atoms with Gasteiger partial charge < -0.3 is 14.8 Å². The number of methoxy groups -OCH3 is 1. The summed E-state index contributed by atoms with van der Waals surface area (Å²) in [4.78, 5) is 24.0. The van der Waals surface area contributed by atoms with Crippen molar-refractivity contribution in [3.8, 4) is 11.5 Å². The third kappa shape index (κ3) is 6.95. The molecule has 0 aromatic heterocycles. The van der Waals surface area contributed by atoms with E-state index in [1.54, 1.807) is 25.3 Å². The number of para-hydroxylation sites is 1. The fourth-order valence-electron chi connectivity index (χ4n) is 2.60. The van der Waals surface area contributed by atoms with E-state index in [4.69, 9.17) is 9.47 Å². The van der Waals surface area contributed by atoms with Crippen molar-refractivity contribution in [2.24, 2.45) is 5.10 Å². The number of benzene rings is 2. The van der Waals surface area contributed by atoms with E-state index in [0.29, 0.717) is 23.8 Å². The molecule has 0 saturated carbocycles. The molecule has 0 atom stereocenters. The lowest BCUT2D eigenvalue weighted by Crippen LogP contribution is -2.25. The average molecular weight is 397 g/mol. The molecule has 0 radical (unpaired) electrons. The number of nitrogens with one attached hydrogen (secondary N) is 2. The molecular formula is C22H27N3O4. The van der Waals surface area contributed by atoms with Crippen LogP contribution in [0.4, 0.5) is 5.69 Å². The van der Waals surface area contributed by atoms with Crippen LogP contribution in [-0.4, -0.2) is 31.7 Å². The van der Waals surface area contributed by atoms with Gasteiger partial charge >= 0.3 is 0 Å². The summed E-state index contributed by atoms with van der Waals surface area (Å²) >= 11 is 0. The Morgan fingerprint density at radius 1 is 1.07 bits per heavy atom. The Morgan fingerprint density at radius 3 is 2.59 bits per heavy atom. The first kappa shape index (κ1) is 21.9. The third-order valence-corrected chi connectivity index (χ3v) is 4.05. The minimum atomic E-state index is -0.498. The summed E-state index contributed by atoms with van der Waals surface area (Å²) in [6.45, 7) is 4.63. The van der Waals surface area contributed by atoms with Gasteiger partial charge in [-0.15, -0.1) is 0 Å². The second-order valence-electron chi connectivity index (χ2n) is 6.29. The van der Waals surface area contributed by atoms with Gasteiger partial charge in [0.1, 0.15) is 6.42 Å². The molecule has 0 heterocycles. The number of carbonyl (C=O) groups is 2. The predicted molar refractivity (Wildman–Crippen MR) is 114 cm³/mol. The van der Waals surface area contributed by atoms with Gasteiger partial charge in [0.2, 0.25) is 11.8 Å². The first-order valence-corrected chi connectivity index (χ1v) is 9.57. The molecule has 0 aliphatic carbocycles. The number of anilines is 1. The normalized spacial score (nSPS) is 10.6. The van der Waals surface area contributed by atoms with Crippen LogP contribution in [-0.2, 0) is 16.0 Å². The topological polar surface area (TPSA) is 89.0 Å². The van der Waals surface area contributed by atoms with Gasteiger partial charge in [0.05, 0.1) is 19.9 Å². The molecule has 0 fully saturated rings. The maximum Gasteiger partial charge on any atom is 0.249 e. The Morgan fingerprint density at radius 2 is 1.86 bits per heavy atom. The van der Waals surface area contributed by atoms with Crippen molar-refractivity contribution in [3.05, 3.63) is 53.6 Å². The predicted octanol–water partition coefficient (Wildman–Crippen LogP) is 3.53. The standard InChI is InChI=1S/C22H27N3O4/c1-4-12-29-19-11-10-16(13-20(19)28-3)15-23-25-22(27)14-21(26)24-18-9-7-6-8-17(18)5-2/h6-11,13,15H,4-5,12,14H2,1-3H3,(H,24,26)(H,25,27). The minimum absolute atomic E-state index is 0.317. The molecule has 2 N–H and O–H groups in total. The highest BCUT2D eigenvalue weighted by Gasteiger charge is 2.10. The van der Waals surface area contributed by atoms with Gasteiger partial charge in [-0.2, -0.15) is 5.10 Å². The summed E-state index contributed by atoms with van der Waals surface area (Å²) in [5, 5.41) is 6.66. The number of amides is 2. The van der Waals surface area contributed by atoms with Gasteiger partial charge in [-0.25, -0.2) is 5.43 Å². The monoisotopic (exact) mass is 397 g/mol. The van der Waals surface area contributed by atoms with E-state index in [2.05, 4.69) is 15.8 Å². The van der Waals surface area contributed by atoms with E-state index < -0.39 is 11.8 Å². The van der Waals surface area contributed by atoms with Gasteiger partial charge in [0.15, 0.2) is 11.5 Å². The van der Waals surface area contributed by atoms with Crippen molar-refractivity contribution in [2.75, 3.05) is 19.0 Å². The SMILES string of the molecule is CCCOc1ccc(C=NNC(=O)CC(=O)Nc2ccccc2CC)cc1OC. The Labute approximate surface area is 171 Å². The highest BCUT2D eigenvalue weighted by molar-refractivity contribution is 6.04. The number of aryl methyl sites for hydroxylation is 1. The zero-order valence-corrected chi connectivity index (χ0v) is 17.0. The number of rotatable bonds is 10. The Hall–Kier alpha value is -3.35. The first-order chi connectivity index (χ1) is 14.1. The van der Waals surface area contributed by atoms with Crippen molar-refractivity contribution in [2.45, 2.75) is 33.1 Å². The number of hydrogen-bond donors (Lipinski definition) is 2. The second-order valence-corrected chi connectivity index (χ2v) is 6.29. The van der Waals surface area contributed by atoms with E-state index in [9.17, 15) is 9.59 Å². The molecule has 0 aliphatic rings. The van der Waals surface area contributed by atoms with Gasteiger partial charge in [-0.3, -0.25) is 9.59 Å². The van der Waals surface area contributed by atoms with E-state index >= 15 is 0 Å². The van der Waals surface area contributed by atoms with Crippen molar-refractivity contribution in [3.63, 3.8) is 0 Å². The fourth-order valence-corrected chi connectivity index (χ4v) is 2.60. The zero-order chi connectivity index (χ0) is 21.1. The molecule has 2 aromatic carbocycles. The van der Waals surface area contributed by atoms with Crippen molar-refractivity contribution in [1.29, 1.82) is 0 Å². The number of nitrogens with zero attached hydrogens (tertiary/aromatic N) is 1. The molecule has 2 aromatic rings.